The molecular weight excluding hydrogens is 304 g/mol. The Morgan fingerprint density at radius 3 is 1.35 bits per heavy atom. The zero-order valence-electron chi connectivity index (χ0n) is 11.9. The van der Waals surface area contributed by atoms with Crippen LogP contribution < -0.4 is 0 Å². The van der Waals surface area contributed by atoms with Crippen LogP contribution >= 0.6 is 11.6 Å². The van der Waals surface area contributed by atoms with E-state index in [9.17, 15) is 0 Å². The van der Waals surface area contributed by atoms with E-state index in [-0.39, 0.29) is 5.00 Å². The molecule has 0 saturated heterocycles. The van der Waals surface area contributed by atoms with Gasteiger partial charge in [0.15, 0.2) is 27.1 Å². The molecule has 0 amide bonds. The highest BCUT2D eigenvalue weighted by molar-refractivity contribution is 6.85. The molecule has 3 nitrogen and oxygen atoms in total. The zero-order valence-corrected chi connectivity index (χ0v) is 16.6. The van der Waals surface area contributed by atoms with Gasteiger partial charge >= 0.3 is 8.80 Å². The summed E-state index contributed by atoms with van der Waals surface area (Å²) in [4.78, 5) is 0. The molecule has 3 radical (unpaired) electrons. The molecule has 101 valence electrons. The number of hydrogen-bond acceptors (Lipinski definition) is 3. The van der Waals surface area contributed by atoms with Crippen LogP contribution in [0.25, 0.3) is 0 Å². The molecule has 0 rings (SSSR count). The van der Waals surface area contributed by atoms with Gasteiger partial charge in [-0.05, 0) is 45.7 Å². The second-order valence-electron chi connectivity index (χ2n) is 4.51. The Balaban J connectivity index is 5.04. The van der Waals surface area contributed by atoms with E-state index in [1.807, 2.05) is 0 Å². The maximum atomic E-state index is 6.46. The predicted molar refractivity (Wildman–Crippen MR) is 81.4 cm³/mol. The summed E-state index contributed by atoms with van der Waals surface area (Å²) >= 11 is 6.46. The second-order valence-corrected chi connectivity index (χ2v) is 15.2. The van der Waals surface area contributed by atoms with Crippen LogP contribution in [-0.4, -0.2) is 40.9 Å². The normalized spacial score (nSPS) is 15.0. The van der Waals surface area contributed by atoms with E-state index in [4.69, 9.17) is 23.9 Å². The molecule has 0 aliphatic rings. The Kier molecular flexibility index (Phi) is 8.76. The quantitative estimate of drug-likeness (QED) is 0.506. The fraction of sp³-hybridized carbons (Fsp3) is 1.00. The summed E-state index contributed by atoms with van der Waals surface area (Å²) in [6.07, 6.45) is 0.827. The average Bonchev–Trinajstić information content (AvgIpc) is 2.12. The topological polar surface area (TPSA) is 27.7 Å². The molecule has 0 aromatic heterocycles. The van der Waals surface area contributed by atoms with Crippen LogP contribution in [0.15, 0.2) is 0 Å². The van der Waals surface area contributed by atoms with Crippen LogP contribution in [-0.2, 0) is 12.3 Å². The molecule has 0 saturated carbocycles. The van der Waals surface area contributed by atoms with Crippen molar-refractivity contribution in [1.82, 2.24) is 0 Å². The van der Waals surface area contributed by atoms with Crippen LogP contribution in [0.3, 0.4) is 0 Å². The number of rotatable bonds is 8. The van der Waals surface area contributed by atoms with E-state index in [1.54, 1.807) is 0 Å². The summed E-state index contributed by atoms with van der Waals surface area (Å²) < 4.78 is 18.4. The van der Waals surface area contributed by atoms with Crippen LogP contribution in [0, 0.1) is 0 Å². The third-order valence-corrected chi connectivity index (χ3v) is 12.4. The molecule has 0 aromatic rings. The summed E-state index contributed by atoms with van der Waals surface area (Å²) in [6.45, 7) is 14.7. The molecule has 8 heteroatoms. The van der Waals surface area contributed by atoms with Gasteiger partial charge in [-0.15, -0.1) is 11.6 Å². The lowest BCUT2D eigenvalue weighted by Crippen LogP contribution is -2.59. The van der Waals surface area contributed by atoms with E-state index < -0.39 is 35.9 Å². The molecule has 0 heterocycles. The highest BCUT2D eigenvalue weighted by Crippen LogP contribution is 2.25. The largest absolute Gasteiger partial charge is 0.488 e. The van der Waals surface area contributed by atoms with Gasteiger partial charge in [0.05, 0.1) is 0 Å². The van der Waals surface area contributed by atoms with E-state index in [0.717, 1.165) is 6.42 Å². The van der Waals surface area contributed by atoms with Crippen molar-refractivity contribution in [2.24, 2.45) is 0 Å². The van der Waals surface area contributed by atoms with Gasteiger partial charge in [0.1, 0.15) is 5.00 Å². The van der Waals surface area contributed by atoms with Gasteiger partial charge in [-0.1, -0.05) is 6.92 Å². The van der Waals surface area contributed by atoms with Crippen LogP contribution in [0.5, 0.6) is 0 Å². The van der Waals surface area contributed by atoms with Crippen LogP contribution in [0.4, 0.5) is 0 Å². The Bertz CT molecular complexity index is 190. The Labute approximate surface area is 117 Å². The molecule has 0 spiro atoms. The molecule has 0 aromatic carbocycles. The smallest absolute Gasteiger partial charge is 0.416 e. The number of alkyl halides is 1. The van der Waals surface area contributed by atoms with Gasteiger partial charge in [0.25, 0.3) is 0 Å². The Morgan fingerprint density at radius 2 is 1.18 bits per heavy atom. The monoisotopic (exact) mass is 327 g/mol. The highest BCUT2D eigenvalue weighted by atomic mass is 35.5. The van der Waals surface area contributed by atoms with Crippen LogP contribution in [0.1, 0.15) is 13.3 Å². The maximum absolute atomic E-state index is 6.46. The van der Waals surface area contributed by atoms with E-state index in [0.29, 0.717) is 0 Å². The molecule has 1 atom stereocenters. The van der Waals surface area contributed by atoms with Crippen molar-refractivity contribution in [3.8, 4) is 0 Å². The highest BCUT2D eigenvalue weighted by Gasteiger charge is 2.49. The van der Waals surface area contributed by atoms with Crippen molar-refractivity contribution in [3.05, 3.63) is 0 Å². The maximum Gasteiger partial charge on any atom is 0.488 e. The lowest BCUT2D eigenvalue weighted by molar-refractivity contribution is 0.263. The van der Waals surface area contributed by atoms with Crippen molar-refractivity contribution in [1.29, 1.82) is 0 Å². The molecule has 0 aliphatic heterocycles. The van der Waals surface area contributed by atoms with E-state index in [2.05, 4.69) is 46.2 Å². The summed E-state index contributed by atoms with van der Waals surface area (Å²) in [5.74, 6) is 0. The first-order valence-corrected chi connectivity index (χ1v) is 15.3. The molecule has 0 aliphatic carbocycles. The second kappa shape index (κ2) is 8.26. The van der Waals surface area contributed by atoms with Gasteiger partial charge < -0.3 is 12.3 Å². The summed E-state index contributed by atoms with van der Waals surface area (Å²) in [5.41, 5.74) is 0. The van der Waals surface area contributed by atoms with Crippen molar-refractivity contribution in [3.63, 3.8) is 0 Å². The average molecular weight is 328 g/mol. The van der Waals surface area contributed by atoms with Gasteiger partial charge in [-0.2, -0.15) is 0 Å². The third-order valence-electron chi connectivity index (χ3n) is 1.78. The Morgan fingerprint density at radius 1 is 0.882 bits per heavy atom. The molecule has 17 heavy (non-hydrogen) atoms. The van der Waals surface area contributed by atoms with Gasteiger partial charge in [0.2, 0.25) is 0 Å². The minimum absolute atomic E-state index is 0.123. The minimum Gasteiger partial charge on any atom is -0.416 e. The fourth-order valence-corrected chi connectivity index (χ4v) is 13.0. The summed E-state index contributed by atoms with van der Waals surface area (Å²) in [5, 5.41) is -0.123. The lowest BCUT2D eigenvalue weighted by atomic mass is 10.6. The number of hydrogen-bond donors (Lipinski definition) is 0. The first kappa shape index (κ1) is 18.0. The first-order valence-electron chi connectivity index (χ1n) is 5.85. The van der Waals surface area contributed by atoms with Gasteiger partial charge in [-0.3, -0.25) is 0 Å². The van der Waals surface area contributed by atoms with Crippen molar-refractivity contribution < 1.29 is 12.3 Å². The minimum atomic E-state index is -2.69. The van der Waals surface area contributed by atoms with Gasteiger partial charge in [-0.25, -0.2) is 0 Å². The van der Waals surface area contributed by atoms with Crippen molar-refractivity contribution >= 4 is 47.5 Å². The van der Waals surface area contributed by atoms with E-state index in [1.165, 1.54) is 0 Å². The molecular formula is C9H24ClO3Si4. The van der Waals surface area contributed by atoms with Crippen molar-refractivity contribution in [2.45, 2.75) is 57.6 Å². The van der Waals surface area contributed by atoms with Crippen molar-refractivity contribution in [2.75, 3.05) is 0 Å². The SMILES string of the molecule is CCC(Cl)[Si](O[Si](C)C)(O[Si](C)C)O[Si](C)C. The lowest BCUT2D eigenvalue weighted by Gasteiger charge is -2.37. The summed E-state index contributed by atoms with van der Waals surface area (Å²) in [6, 6.07) is 0. The first-order chi connectivity index (χ1) is 7.73. The molecule has 0 N–H and O–H groups in total. The zero-order chi connectivity index (χ0) is 13.6. The third kappa shape index (κ3) is 6.67. The molecule has 0 bridgehead atoms. The fourth-order valence-electron chi connectivity index (χ4n) is 1.36. The molecule has 0 fully saturated rings. The number of halogens is 1. The molecule has 1 unspecified atom stereocenters. The Hall–Kier alpha value is 1.04. The predicted octanol–water partition coefficient (Wildman–Crippen LogP) is 3.29. The van der Waals surface area contributed by atoms with Gasteiger partial charge in [0, 0.05) is 0 Å². The summed E-state index contributed by atoms with van der Waals surface area (Å²) in [7, 11) is -5.31. The standard InChI is InChI=1S/C9H24ClO3Si4/c1-8-9(10)17(11-14(2)3,12-15(4)5)13-16(6)7/h9H,8H2,1-7H3. The van der Waals surface area contributed by atoms with E-state index >= 15 is 0 Å². The van der Waals surface area contributed by atoms with Crippen LogP contribution in [0.2, 0.25) is 39.3 Å².